The van der Waals surface area contributed by atoms with E-state index in [9.17, 15) is 9.59 Å². The third-order valence-electron chi connectivity index (χ3n) is 3.18. The number of esters is 1. The molecule has 0 atom stereocenters. The van der Waals surface area contributed by atoms with Gasteiger partial charge in [-0.25, -0.2) is 4.79 Å². The fraction of sp³-hybridized carbons (Fsp3) is 0.176. The van der Waals surface area contributed by atoms with Crippen LogP contribution in [0.5, 0.6) is 0 Å². The van der Waals surface area contributed by atoms with Crippen LogP contribution in [-0.2, 0) is 16.1 Å². The molecule has 0 spiro atoms. The molecule has 0 radical (unpaired) electrons. The zero-order valence-corrected chi connectivity index (χ0v) is 13.4. The molecule has 6 heteroatoms. The molecule has 0 aromatic heterocycles. The van der Waals surface area contributed by atoms with Crippen molar-refractivity contribution in [2.45, 2.75) is 6.54 Å². The normalized spacial score (nSPS) is 10.0. The van der Waals surface area contributed by atoms with Gasteiger partial charge in [0.05, 0.1) is 29.9 Å². The number of nitrogens with one attached hydrogen (secondary N) is 2. The summed E-state index contributed by atoms with van der Waals surface area (Å²) in [6.07, 6.45) is 0. The molecule has 0 aliphatic carbocycles. The molecule has 0 bridgehead atoms. The Bertz CT molecular complexity index is 686. The summed E-state index contributed by atoms with van der Waals surface area (Å²) in [7, 11) is 1.34. The van der Waals surface area contributed by atoms with Crippen LogP contribution in [0.2, 0.25) is 5.02 Å². The minimum Gasteiger partial charge on any atom is -0.465 e. The van der Waals surface area contributed by atoms with Gasteiger partial charge in [-0.3, -0.25) is 4.79 Å². The maximum absolute atomic E-state index is 11.8. The lowest BCUT2D eigenvalue weighted by molar-refractivity contribution is -0.119. The van der Waals surface area contributed by atoms with Gasteiger partial charge in [0.2, 0.25) is 5.91 Å². The first-order valence-corrected chi connectivity index (χ1v) is 7.40. The van der Waals surface area contributed by atoms with Gasteiger partial charge in [0.25, 0.3) is 0 Å². The lowest BCUT2D eigenvalue weighted by Crippen LogP contribution is -2.29. The van der Waals surface area contributed by atoms with Crippen molar-refractivity contribution in [2.75, 3.05) is 19.0 Å². The van der Waals surface area contributed by atoms with Crippen LogP contribution >= 0.6 is 11.6 Å². The van der Waals surface area contributed by atoms with Gasteiger partial charge in [0.1, 0.15) is 0 Å². The summed E-state index contributed by atoms with van der Waals surface area (Å²) < 4.78 is 4.63. The maximum atomic E-state index is 11.8. The van der Waals surface area contributed by atoms with Gasteiger partial charge in [0.15, 0.2) is 0 Å². The number of rotatable bonds is 6. The van der Waals surface area contributed by atoms with Gasteiger partial charge in [-0.15, -0.1) is 0 Å². The van der Waals surface area contributed by atoms with Crippen LogP contribution < -0.4 is 10.6 Å². The summed E-state index contributed by atoms with van der Waals surface area (Å²) in [6, 6.07) is 14.1. The molecular weight excluding hydrogens is 316 g/mol. The number of carbonyl (C=O) groups excluding carboxylic acids is 2. The number of anilines is 1. The molecule has 0 heterocycles. The first-order chi connectivity index (χ1) is 11.1. The average Bonchev–Trinajstić information content (AvgIpc) is 2.59. The van der Waals surface area contributed by atoms with E-state index in [1.807, 2.05) is 12.1 Å². The largest absolute Gasteiger partial charge is 0.465 e. The van der Waals surface area contributed by atoms with Gasteiger partial charge in [-0.2, -0.15) is 0 Å². The first-order valence-electron chi connectivity index (χ1n) is 7.02. The van der Waals surface area contributed by atoms with Crippen molar-refractivity contribution < 1.29 is 14.3 Å². The smallest absolute Gasteiger partial charge is 0.337 e. The van der Waals surface area contributed by atoms with Crippen molar-refractivity contribution in [1.82, 2.24) is 5.32 Å². The van der Waals surface area contributed by atoms with Crippen LogP contribution in [0.3, 0.4) is 0 Å². The molecule has 2 N–H and O–H groups in total. The van der Waals surface area contributed by atoms with Crippen LogP contribution in [0.4, 0.5) is 5.69 Å². The zero-order chi connectivity index (χ0) is 16.7. The fourth-order valence-electron chi connectivity index (χ4n) is 1.92. The predicted octanol–water partition coefficient (Wildman–Crippen LogP) is 2.85. The summed E-state index contributed by atoms with van der Waals surface area (Å²) >= 11 is 6.00. The number of hydrogen-bond acceptors (Lipinski definition) is 4. The van der Waals surface area contributed by atoms with Crippen LogP contribution in [0.15, 0.2) is 48.5 Å². The third kappa shape index (κ3) is 5.00. The molecule has 120 valence electrons. The first kappa shape index (κ1) is 16.8. The van der Waals surface area contributed by atoms with Crippen molar-refractivity contribution in [3.05, 3.63) is 64.7 Å². The summed E-state index contributed by atoms with van der Waals surface area (Å²) in [4.78, 5) is 23.2. The van der Waals surface area contributed by atoms with Crippen molar-refractivity contribution in [2.24, 2.45) is 0 Å². The Balaban J connectivity index is 1.80. The van der Waals surface area contributed by atoms with E-state index in [0.29, 0.717) is 22.8 Å². The second-order valence-electron chi connectivity index (χ2n) is 4.80. The summed E-state index contributed by atoms with van der Waals surface area (Å²) in [5, 5.41) is 6.33. The van der Waals surface area contributed by atoms with E-state index in [0.717, 1.165) is 5.56 Å². The molecule has 2 rings (SSSR count). The van der Waals surface area contributed by atoms with E-state index in [-0.39, 0.29) is 18.4 Å². The van der Waals surface area contributed by atoms with Gasteiger partial charge in [0, 0.05) is 6.54 Å². The Morgan fingerprint density at radius 3 is 2.43 bits per heavy atom. The predicted molar refractivity (Wildman–Crippen MR) is 89.6 cm³/mol. The highest BCUT2D eigenvalue weighted by molar-refractivity contribution is 6.33. The van der Waals surface area contributed by atoms with Gasteiger partial charge in [-0.05, 0) is 29.8 Å². The second-order valence-corrected chi connectivity index (χ2v) is 5.21. The maximum Gasteiger partial charge on any atom is 0.337 e. The van der Waals surface area contributed by atoms with Crippen molar-refractivity contribution >= 4 is 29.2 Å². The highest BCUT2D eigenvalue weighted by atomic mass is 35.5. The Morgan fingerprint density at radius 2 is 1.78 bits per heavy atom. The summed E-state index contributed by atoms with van der Waals surface area (Å²) in [6.45, 7) is 0.508. The molecule has 0 saturated heterocycles. The van der Waals surface area contributed by atoms with E-state index >= 15 is 0 Å². The number of hydrogen-bond donors (Lipinski definition) is 2. The minimum atomic E-state index is -0.385. The lowest BCUT2D eigenvalue weighted by atomic mass is 10.1. The molecule has 2 aromatic carbocycles. The van der Waals surface area contributed by atoms with Crippen molar-refractivity contribution in [3.8, 4) is 0 Å². The van der Waals surface area contributed by atoms with Crippen LogP contribution in [0, 0.1) is 0 Å². The Morgan fingerprint density at radius 1 is 1.09 bits per heavy atom. The third-order valence-corrected chi connectivity index (χ3v) is 3.51. The molecule has 0 aliphatic heterocycles. The Labute approximate surface area is 139 Å². The van der Waals surface area contributed by atoms with E-state index in [1.165, 1.54) is 7.11 Å². The molecule has 0 fully saturated rings. The van der Waals surface area contributed by atoms with Gasteiger partial charge < -0.3 is 15.4 Å². The van der Waals surface area contributed by atoms with E-state index in [4.69, 9.17) is 11.6 Å². The van der Waals surface area contributed by atoms with Crippen molar-refractivity contribution in [3.63, 3.8) is 0 Å². The second kappa shape index (κ2) is 8.19. The Hall–Kier alpha value is -2.53. The fourth-order valence-corrected chi connectivity index (χ4v) is 2.12. The van der Waals surface area contributed by atoms with E-state index in [1.54, 1.807) is 36.4 Å². The number of carbonyl (C=O) groups is 2. The molecule has 2 aromatic rings. The van der Waals surface area contributed by atoms with Crippen LogP contribution in [0.25, 0.3) is 0 Å². The molecule has 23 heavy (non-hydrogen) atoms. The standard InChI is InChI=1S/C17H17ClN2O3/c1-23-17(22)13-8-6-12(7-9-13)10-20-16(21)11-19-15-5-3-2-4-14(15)18/h2-9,19H,10-11H2,1H3,(H,20,21). The molecular formula is C17H17ClN2O3. The number of benzene rings is 2. The molecule has 0 saturated carbocycles. The molecule has 0 unspecified atom stereocenters. The molecule has 1 amide bonds. The number of ether oxygens (including phenoxy) is 1. The summed E-state index contributed by atoms with van der Waals surface area (Å²) in [5.41, 5.74) is 2.08. The molecule has 0 aliphatic rings. The highest BCUT2D eigenvalue weighted by Gasteiger charge is 2.06. The van der Waals surface area contributed by atoms with E-state index in [2.05, 4.69) is 15.4 Å². The summed E-state index contributed by atoms with van der Waals surface area (Å²) in [5.74, 6) is -0.536. The monoisotopic (exact) mass is 332 g/mol. The SMILES string of the molecule is COC(=O)c1ccc(CNC(=O)CNc2ccccc2Cl)cc1. The number of methoxy groups -OCH3 is 1. The average molecular weight is 333 g/mol. The number of amides is 1. The number of para-hydroxylation sites is 1. The lowest BCUT2D eigenvalue weighted by Gasteiger charge is -2.09. The molecule has 5 nitrogen and oxygen atoms in total. The quantitative estimate of drug-likeness (QED) is 0.798. The number of halogens is 1. The minimum absolute atomic E-state index is 0.129. The highest BCUT2D eigenvalue weighted by Crippen LogP contribution is 2.19. The van der Waals surface area contributed by atoms with Gasteiger partial charge in [-0.1, -0.05) is 35.9 Å². The Kier molecular flexibility index (Phi) is 6.00. The topological polar surface area (TPSA) is 67.4 Å². The van der Waals surface area contributed by atoms with E-state index < -0.39 is 0 Å². The van der Waals surface area contributed by atoms with Crippen LogP contribution in [-0.4, -0.2) is 25.5 Å². The van der Waals surface area contributed by atoms with Crippen molar-refractivity contribution in [1.29, 1.82) is 0 Å². The van der Waals surface area contributed by atoms with Gasteiger partial charge >= 0.3 is 5.97 Å². The zero-order valence-electron chi connectivity index (χ0n) is 12.6. The van der Waals surface area contributed by atoms with Crippen LogP contribution in [0.1, 0.15) is 15.9 Å².